The first-order chi connectivity index (χ1) is 6.66. The second kappa shape index (κ2) is 3.36. The zero-order valence-electron chi connectivity index (χ0n) is 8.92. The number of nitrogens with zero attached hydrogens (tertiary/aromatic N) is 1. The monoisotopic (exact) mass is 191 g/mol. The van der Waals surface area contributed by atoms with E-state index in [9.17, 15) is 4.79 Å². The van der Waals surface area contributed by atoms with Gasteiger partial charge in [0.15, 0.2) is 0 Å². The minimum absolute atomic E-state index is 0.495. The highest BCUT2D eigenvalue weighted by molar-refractivity contribution is 5.33. The van der Waals surface area contributed by atoms with Gasteiger partial charge in [-0.3, -0.25) is 0 Å². The number of rotatable bonds is 3. The Balaban J connectivity index is 2.00. The minimum Gasteiger partial charge on any atom is -0.211 e. The smallest absolute Gasteiger partial charge is 0.211 e. The first-order valence-electron chi connectivity index (χ1n) is 5.39. The van der Waals surface area contributed by atoms with E-state index in [1.54, 1.807) is 6.08 Å². The van der Waals surface area contributed by atoms with Crippen molar-refractivity contribution in [1.29, 1.82) is 0 Å². The molecule has 3 rings (SSSR count). The molecule has 0 N–H and O–H groups in total. The average molecular weight is 191 g/mol. The maximum absolute atomic E-state index is 9.95. The van der Waals surface area contributed by atoms with Gasteiger partial charge in [-0.15, -0.1) is 0 Å². The van der Waals surface area contributed by atoms with Crippen molar-refractivity contribution in [3.05, 3.63) is 11.6 Å². The quantitative estimate of drug-likeness (QED) is 0.383. The molecule has 2 bridgehead atoms. The van der Waals surface area contributed by atoms with Crippen LogP contribution in [0.4, 0.5) is 0 Å². The summed E-state index contributed by atoms with van der Waals surface area (Å²) in [6.07, 6.45) is 7.50. The van der Waals surface area contributed by atoms with E-state index in [4.69, 9.17) is 0 Å². The van der Waals surface area contributed by atoms with Crippen LogP contribution in [0, 0.1) is 17.3 Å². The largest absolute Gasteiger partial charge is 0.234 e. The molecule has 0 aromatic heterocycles. The Morgan fingerprint density at radius 2 is 2.43 bits per heavy atom. The van der Waals surface area contributed by atoms with Crippen LogP contribution in [0.15, 0.2) is 16.6 Å². The van der Waals surface area contributed by atoms with Crippen LogP contribution in [0.5, 0.6) is 0 Å². The Labute approximate surface area is 85.1 Å². The molecule has 2 nitrogen and oxygen atoms in total. The van der Waals surface area contributed by atoms with Crippen molar-refractivity contribution in [3.63, 3.8) is 0 Å². The molecule has 2 unspecified atom stereocenters. The Hall–Kier alpha value is -0.880. The van der Waals surface area contributed by atoms with E-state index in [-0.39, 0.29) is 0 Å². The molecule has 0 spiro atoms. The number of hydrogen-bond acceptors (Lipinski definition) is 2. The third-order valence-corrected chi connectivity index (χ3v) is 4.16. The summed E-state index contributed by atoms with van der Waals surface area (Å²) < 4.78 is 0. The number of carbonyl (C=O) groups excluding carboxylic acids is 1. The molecule has 1 saturated carbocycles. The number of aliphatic imine (C=N–C) groups is 1. The van der Waals surface area contributed by atoms with Crippen molar-refractivity contribution in [2.75, 3.05) is 6.54 Å². The lowest BCUT2D eigenvalue weighted by Crippen LogP contribution is -2.48. The summed E-state index contributed by atoms with van der Waals surface area (Å²) in [7, 11) is 0. The highest BCUT2D eigenvalue weighted by Crippen LogP contribution is 2.59. The predicted molar refractivity (Wildman–Crippen MR) is 55.7 cm³/mol. The summed E-state index contributed by atoms with van der Waals surface area (Å²) in [5.74, 6) is 1.65. The highest BCUT2D eigenvalue weighted by Gasteiger charge is 2.50. The van der Waals surface area contributed by atoms with Gasteiger partial charge in [-0.05, 0) is 36.5 Å². The van der Waals surface area contributed by atoms with E-state index in [1.807, 2.05) is 0 Å². The third-order valence-electron chi connectivity index (χ3n) is 4.16. The highest BCUT2D eigenvalue weighted by atomic mass is 16.1. The second-order valence-corrected chi connectivity index (χ2v) is 5.04. The fourth-order valence-electron chi connectivity index (χ4n) is 2.99. The minimum atomic E-state index is 0.495. The van der Waals surface area contributed by atoms with Crippen molar-refractivity contribution in [2.45, 2.75) is 33.1 Å². The lowest BCUT2D eigenvalue weighted by molar-refractivity contribution is -0.00796. The van der Waals surface area contributed by atoms with Crippen LogP contribution < -0.4 is 0 Å². The summed E-state index contributed by atoms with van der Waals surface area (Å²) in [5.41, 5.74) is 2.02. The van der Waals surface area contributed by atoms with Gasteiger partial charge in [0.2, 0.25) is 6.08 Å². The van der Waals surface area contributed by atoms with Crippen LogP contribution >= 0.6 is 0 Å². The van der Waals surface area contributed by atoms with E-state index < -0.39 is 0 Å². The lowest BCUT2D eigenvalue weighted by Gasteiger charge is -2.56. The van der Waals surface area contributed by atoms with E-state index in [0.717, 1.165) is 18.3 Å². The maximum atomic E-state index is 9.95. The van der Waals surface area contributed by atoms with E-state index in [0.29, 0.717) is 12.0 Å². The summed E-state index contributed by atoms with van der Waals surface area (Å²) >= 11 is 0. The standard InChI is InChI=1S/C12H17NO/c1-12(2)10-4-3-9(11(12)7-10)5-6-13-8-14/h3,10-11H,4-7H2,1-2H3. The Kier molecular flexibility index (Phi) is 2.32. The molecule has 0 aliphatic heterocycles. The van der Waals surface area contributed by atoms with Gasteiger partial charge in [-0.1, -0.05) is 25.5 Å². The fraction of sp³-hybridized carbons (Fsp3) is 0.750. The average Bonchev–Trinajstić information content (AvgIpc) is 2.18. The molecule has 2 atom stereocenters. The van der Waals surface area contributed by atoms with Crippen molar-refractivity contribution in [3.8, 4) is 0 Å². The molecular weight excluding hydrogens is 174 g/mol. The molecule has 3 aliphatic carbocycles. The van der Waals surface area contributed by atoms with Crippen LogP contribution in [0.3, 0.4) is 0 Å². The van der Waals surface area contributed by atoms with Crippen LogP contribution in [-0.4, -0.2) is 12.6 Å². The molecule has 0 aromatic carbocycles. The molecule has 14 heavy (non-hydrogen) atoms. The molecule has 0 amide bonds. The van der Waals surface area contributed by atoms with E-state index >= 15 is 0 Å². The van der Waals surface area contributed by atoms with E-state index in [1.165, 1.54) is 18.4 Å². The normalized spacial score (nSPS) is 32.6. The van der Waals surface area contributed by atoms with Gasteiger partial charge in [-0.2, -0.15) is 0 Å². The van der Waals surface area contributed by atoms with Gasteiger partial charge in [-0.25, -0.2) is 9.79 Å². The van der Waals surface area contributed by atoms with Gasteiger partial charge < -0.3 is 0 Å². The zero-order chi connectivity index (χ0) is 10.2. The summed E-state index contributed by atoms with van der Waals surface area (Å²) in [4.78, 5) is 13.6. The van der Waals surface area contributed by atoms with Crippen molar-refractivity contribution < 1.29 is 4.79 Å². The molecule has 76 valence electrons. The molecule has 2 heteroatoms. The molecular formula is C12H17NO. The SMILES string of the molecule is CC1(C)C2CC=C(CCN=C=O)C1C2. The number of allylic oxidation sites excluding steroid dienone is 1. The molecule has 0 saturated heterocycles. The summed E-state index contributed by atoms with van der Waals surface area (Å²) in [5, 5.41) is 0. The fourth-order valence-corrected chi connectivity index (χ4v) is 2.99. The van der Waals surface area contributed by atoms with Crippen molar-refractivity contribution in [2.24, 2.45) is 22.2 Å². The van der Waals surface area contributed by atoms with Crippen molar-refractivity contribution in [1.82, 2.24) is 0 Å². The number of isocyanates is 1. The van der Waals surface area contributed by atoms with Crippen molar-refractivity contribution >= 4 is 6.08 Å². The maximum Gasteiger partial charge on any atom is 0.234 e. The summed E-state index contributed by atoms with van der Waals surface area (Å²) in [6, 6.07) is 0. The Morgan fingerprint density at radius 3 is 3.00 bits per heavy atom. The first-order valence-corrected chi connectivity index (χ1v) is 5.39. The first kappa shape index (κ1) is 9.67. The molecule has 0 aromatic rings. The number of hydrogen-bond donors (Lipinski definition) is 0. The molecule has 1 fully saturated rings. The predicted octanol–water partition coefficient (Wildman–Crippen LogP) is 2.70. The molecule has 0 heterocycles. The van der Waals surface area contributed by atoms with Gasteiger partial charge in [0.25, 0.3) is 0 Å². The second-order valence-electron chi connectivity index (χ2n) is 5.04. The molecule has 3 aliphatic rings. The van der Waals surface area contributed by atoms with Crippen LogP contribution in [0.25, 0.3) is 0 Å². The third kappa shape index (κ3) is 1.34. The molecule has 0 radical (unpaired) electrons. The Morgan fingerprint density at radius 1 is 1.64 bits per heavy atom. The summed E-state index contributed by atoms with van der Waals surface area (Å²) in [6.45, 7) is 5.34. The topological polar surface area (TPSA) is 29.4 Å². The van der Waals surface area contributed by atoms with Crippen LogP contribution in [0.2, 0.25) is 0 Å². The lowest BCUT2D eigenvalue weighted by atomic mass is 9.48. The van der Waals surface area contributed by atoms with Crippen LogP contribution in [-0.2, 0) is 4.79 Å². The van der Waals surface area contributed by atoms with Crippen LogP contribution in [0.1, 0.15) is 33.1 Å². The van der Waals surface area contributed by atoms with Gasteiger partial charge in [0.1, 0.15) is 0 Å². The number of fused-ring (bicyclic) bond motifs is 1. The van der Waals surface area contributed by atoms with Gasteiger partial charge in [0, 0.05) is 0 Å². The Bertz CT molecular complexity index is 310. The van der Waals surface area contributed by atoms with Gasteiger partial charge >= 0.3 is 0 Å². The van der Waals surface area contributed by atoms with E-state index in [2.05, 4.69) is 24.9 Å². The van der Waals surface area contributed by atoms with Gasteiger partial charge in [0.05, 0.1) is 6.54 Å². The zero-order valence-corrected chi connectivity index (χ0v) is 8.92.